The molecule has 1 aliphatic rings. The first-order valence-electron chi connectivity index (χ1n) is 12.8. The van der Waals surface area contributed by atoms with E-state index in [0.29, 0.717) is 16.9 Å². The SMILES string of the molecule is CC(CNC1COc2cc(-c3noc(-c4onc(-c5ccccc5)c4C(F)(F)F)n3)ccc2C1O)C(=O)O.O=C(O)C(F)(F)F. The highest BCUT2D eigenvalue weighted by atomic mass is 19.4. The van der Waals surface area contributed by atoms with E-state index in [0.717, 1.165) is 0 Å². The van der Waals surface area contributed by atoms with Gasteiger partial charge in [0.1, 0.15) is 29.7 Å². The molecule has 0 saturated carbocycles. The molecule has 5 rings (SSSR count). The molecule has 12 nitrogen and oxygen atoms in total. The van der Waals surface area contributed by atoms with E-state index >= 15 is 0 Å². The summed E-state index contributed by atoms with van der Waals surface area (Å²) in [5.41, 5.74) is -0.499. The number of fused-ring (bicyclic) bond motifs is 1. The van der Waals surface area contributed by atoms with Gasteiger partial charge in [-0.15, -0.1) is 0 Å². The summed E-state index contributed by atoms with van der Waals surface area (Å²) in [6, 6.07) is 11.9. The second-order valence-corrected chi connectivity index (χ2v) is 9.59. The van der Waals surface area contributed by atoms with Crippen molar-refractivity contribution in [1.82, 2.24) is 20.6 Å². The first kappa shape index (κ1) is 32.9. The molecule has 0 fully saturated rings. The van der Waals surface area contributed by atoms with Gasteiger partial charge >= 0.3 is 24.3 Å². The standard InChI is InChI=1S/C25H21F3N4O6.C2HF3O2/c1-12(24(34)35)10-29-16-11-36-17-9-14(7-8-15(17)20(16)33)22-30-23(38-32-22)21-18(25(26,27)28)19(31-37-21)13-5-3-2-4-6-13;3-2(4,5)1(6)7/h2-9,12,16,20,29,33H,10-11H2,1H3,(H,34,35);(H,6,7). The average Bonchev–Trinajstić information content (AvgIpc) is 3.65. The smallest absolute Gasteiger partial charge is 0.490 e. The number of aliphatic hydroxyl groups is 1. The molecule has 18 heteroatoms. The number of carboxylic acids is 2. The zero-order chi connectivity index (χ0) is 33.1. The summed E-state index contributed by atoms with van der Waals surface area (Å²) in [7, 11) is 0. The van der Waals surface area contributed by atoms with Crippen molar-refractivity contribution in [2.75, 3.05) is 13.2 Å². The first-order chi connectivity index (χ1) is 21.1. The summed E-state index contributed by atoms with van der Waals surface area (Å²) < 4.78 is 89.5. The van der Waals surface area contributed by atoms with Crippen molar-refractivity contribution in [2.45, 2.75) is 31.4 Å². The van der Waals surface area contributed by atoms with Gasteiger partial charge in [-0.3, -0.25) is 4.79 Å². The topological polar surface area (TPSA) is 181 Å². The van der Waals surface area contributed by atoms with Crippen molar-refractivity contribution >= 4 is 11.9 Å². The van der Waals surface area contributed by atoms with Crippen molar-refractivity contribution in [3.63, 3.8) is 0 Å². The lowest BCUT2D eigenvalue weighted by molar-refractivity contribution is -0.192. The third kappa shape index (κ3) is 7.58. The Morgan fingerprint density at radius 2 is 1.67 bits per heavy atom. The summed E-state index contributed by atoms with van der Waals surface area (Å²) in [4.78, 5) is 24.0. The molecule has 0 saturated heterocycles. The monoisotopic (exact) mass is 644 g/mol. The summed E-state index contributed by atoms with van der Waals surface area (Å²) >= 11 is 0. The Kier molecular flexibility index (Phi) is 9.48. The van der Waals surface area contributed by atoms with Crippen LogP contribution in [0.3, 0.4) is 0 Å². The molecule has 4 N–H and O–H groups in total. The van der Waals surface area contributed by atoms with Crippen molar-refractivity contribution in [3.05, 3.63) is 59.7 Å². The molecule has 0 radical (unpaired) electrons. The number of nitrogens with zero attached hydrogens (tertiary/aromatic N) is 3. The van der Waals surface area contributed by atoms with Crippen LogP contribution in [0.5, 0.6) is 5.75 Å². The van der Waals surface area contributed by atoms with Gasteiger partial charge in [-0.25, -0.2) is 4.79 Å². The van der Waals surface area contributed by atoms with Gasteiger partial charge in [0, 0.05) is 23.2 Å². The molecule has 0 aliphatic carbocycles. The van der Waals surface area contributed by atoms with Crippen LogP contribution in [0.15, 0.2) is 57.6 Å². The normalized spacial score (nSPS) is 17.0. The van der Waals surface area contributed by atoms with Crippen LogP contribution in [0, 0.1) is 5.92 Å². The van der Waals surface area contributed by atoms with Crippen molar-refractivity contribution in [3.8, 4) is 40.0 Å². The highest BCUT2D eigenvalue weighted by molar-refractivity contribution is 5.73. The number of benzene rings is 2. The first-order valence-corrected chi connectivity index (χ1v) is 12.8. The largest absolute Gasteiger partial charge is 0.491 e. The molecule has 3 heterocycles. The predicted octanol–water partition coefficient (Wildman–Crippen LogP) is 4.82. The fourth-order valence-electron chi connectivity index (χ4n) is 4.04. The molecule has 45 heavy (non-hydrogen) atoms. The maximum atomic E-state index is 14.0. The lowest BCUT2D eigenvalue weighted by atomic mass is 9.97. The zero-order valence-corrected chi connectivity index (χ0v) is 22.8. The Bertz CT molecular complexity index is 1650. The summed E-state index contributed by atoms with van der Waals surface area (Å²) in [5.74, 6) is -5.27. The van der Waals surface area contributed by atoms with E-state index in [-0.39, 0.29) is 24.5 Å². The van der Waals surface area contributed by atoms with Crippen LogP contribution in [-0.4, -0.2) is 67.9 Å². The van der Waals surface area contributed by atoms with Crippen LogP contribution < -0.4 is 10.1 Å². The quantitative estimate of drug-likeness (QED) is 0.202. The number of aromatic nitrogens is 3. The van der Waals surface area contributed by atoms with Crippen LogP contribution in [0.25, 0.3) is 34.3 Å². The van der Waals surface area contributed by atoms with E-state index in [4.69, 9.17) is 28.8 Å². The van der Waals surface area contributed by atoms with Gasteiger partial charge in [0.25, 0.3) is 5.89 Å². The number of ether oxygens (including phenoxy) is 1. The molecule has 2 aromatic carbocycles. The number of halogens is 6. The van der Waals surface area contributed by atoms with Crippen LogP contribution in [0.2, 0.25) is 0 Å². The van der Waals surface area contributed by atoms with Crippen molar-refractivity contribution < 1.29 is 65.0 Å². The van der Waals surface area contributed by atoms with E-state index in [2.05, 4.69) is 20.6 Å². The summed E-state index contributed by atoms with van der Waals surface area (Å²) in [5, 5.41) is 37.3. The fourth-order valence-corrected chi connectivity index (χ4v) is 4.04. The molecule has 4 aromatic rings. The maximum Gasteiger partial charge on any atom is 0.490 e. The van der Waals surface area contributed by atoms with E-state index in [9.17, 15) is 36.2 Å². The number of alkyl halides is 6. The Hall–Kier alpha value is -4.97. The number of aliphatic carboxylic acids is 2. The number of hydrogen-bond acceptors (Lipinski definition) is 10. The second kappa shape index (κ2) is 12.9. The number of carboxylic acid groups (broad SMARTS) is 2. The molecule has 3 atom stereocenters. The lowest BCUT2D eigenvalue weighted by Gasteiger charge is -2.31. The molecule has 0 amide bonds. The Morgan fingerprint density at radius 1 is 1.00 bits per heavy atom. The third-order valence-electron chi connectivity index (χ3n) is 6.38. The van der Waals surface area contributed by atoms with Crippen LogP contribution in [0.4, 0.5) is 26.3 Å². The van der Waals surface area contributed by atoms with Gasteiger partial charge in [-0.1, -0.05) is 59.7 Å². The fraction of sp³-hybridized carbons (Fsp3) is 0.296. The molecule has 0 spiro atoms. The number of nitrogens with one attached hydrogen (secondary N) is 1. The van der Waals surface area contributed by atoms with Gasteiger partial charge in [0.15, 0.2) is 0 Å². The van der Waals surface area contributed by atoms with Gasteiger partial charge < -0.3 is 34.4 Å². The minimum absolute atomic E-state index is 0.0257. The van der Waals surface area contributed by atoms with Crippen LogP contribution in [-0.2, 0) is 15.8 Å². The highest BCUT2D eigenvalue weighted by Crippen LogP contribution is 2.43. The molecular formula is C27H22F6N4O8. The minimum Gasteiger partial charge on any atom is -0.491 e. The number of carbonyl (C=O) groups is 2. The second-order valence-electron chi connectivity index (χ2n) is 9.59. The molecular weight excluding hydrogens is 622 g/mol. The minimum atomic E-state index is -5.08. The van der Waals surface area contributed by atoms with E-state index in [1.165, 1.54) is 18.2 Å². The van der Waals surface area contributed by atoms with E-state index < -0.39 is 65.3 Å². The Balaban J connectivity index is 0.000000591. The van der Waals surface area contributed by atoms with Gasteiger partial charge in [-0.05, 0) is 6.07 Å². The van der Waals surface area contributed by atoms with Gasteiger partial charge in [0.2, 0.25) is 11.6 Å². The molecule has 2 aromatic heterocycles. The number of aliphatic hydroxyl groups excluding tert-OH is 1. The molecule has 0 bridgehead atoms. The van der Waals surface area contributed by atoms with Gasteiger partial charge in [-0.2, -0.15) is 31.3 Å². The average molecular weight is 644 g/mol. The Morgan fingerprint density at radius 3 is 2.27 bits per heavy atom. The number of hydrogen-bond donors (Lipinski definition) is 4. The summed E-state index contributed by atoms with van der Waals surface area (Å²) in [6.45, 7) is 1.76. The summed E-state index contributed by atoms with van der Waals surface area (Å²) in [6.07, 6.45) is -10.9. The Labute approximate surface area is 248 Å². The third-order valence-corrected chi connectivity index (χ3v) is 6.38. The van der Waals surface area contributed by atoms with Gasteiger partial charge in [0.05, 0.1) is 12.0 Å². The van der Waals surface area contributed by atoms with Crippen molar-refractivity contribution in [1.29, 1.82) is 0 Å². The van der Waals surface area contributed by atoms with Crippen LogP contribution >= 0.6 is 0 Å². The van der Waals surface area contributed by atoms with E-state index in [1.54, 1.807) is 37.3 Å². The maximum absolute atomic E-state index is 14.0. The lowest BCUT2D eigenvalue weighted by Crippen LogP contribution is -2.45. The van der Waals surface area contributed by atoms with Crippen molar-refractivity contribution in [2.24, 2.45) is 5.92 Å². The van der Waals surface area contributed by atoms with E-state index in [1.807, 2.05) is 0 Å². The highest BCUT2D eigenvalue weighted by Gasteiger charge is 2.43. The predicted molar refractivity (Wildman–Crippen MR) is 138 cm³/mol. The number of rotatable bonds is 7. The zero-order valence-electron chi connectivity index (χ0n) is 22.8. The molecule has 3 unspecified atom stereocenters. The molecule has 240 valence electrons. The van der Waals surface area contributed by atoms with Crippen LogP contribution in [0.1, 0.15) is 24.2 Å². The molecule has 1 aliphatic heterocycles.